The Bertz CT molecular complexity index is 906. The second kappa shape index (κ2) is 6.35. The standard InChI is InChI=1S/C17H15F2N3O2/c1-10-7-11(12-5-3-4-6-14(12)21-10)9-24-17(23)13-8-20-22(2)15(13)16(18)19/h3-8,16H,9H2,1-2H3. The van der Waals surface area contributed by atoms with Gasteiger partial charge in [0.2, 0.25) is 0 Å². The number of pyridine rings is 1. The van der Waals surface area contributed by atoms with E-state index in [0.29, 0.717) is 0 Å². The molecule has 2 aromatic heterocycles. The minimum atomic E-state index is -2.80. The smallest absolute Gasteiger partial charge is 0.342 e. The van der Waals surface area contributed by atoms with Crippen molar-refractivity contribution in [3.63, 3.8) is 0 Å². The van der Waals surface area contributed by atoms with Crippen LogP contribution < -0.4 is 0 Å². The van der Waals surface area contributed by atoms with Crippen LogP contribution in [0.2, 0.25) is 0 Å². The molecule has 24 heavy (non-hydrogen) atoms. The molecule has 0 aliphatic rings. The zero-order valence-electron chi connectivity index (χ0n) is 13.2. The van der Waals surface area contributed by atoms with Gasteiger partial charge in [0.25, 0.3) is 6.43 Å². The summed E-state index contributed by atoms with van der Waals surface area (Å²) in [5.74, 6) is -0.822. The van der Waals surface area contributed by atoms with Gasteiger partial charge in [0, 0.05) is 23.7 Å². The maximum atomic E-state index is 13.0. The summed E-state index contributed by atoms with van der Waals surface area (Å²) in [5, 5.41) is 4.56. The Kier molecular flexibility index (Phi) is 4.24. The Hall–Kier alpha value is -2.83. The number of aryl methyl sites for hydroxylation is 2. The number of halogens is 2. The summed E-state index contributed by atoms with van der Waals surface area (Å²) in [5.41, 5.74) is 1.68. The summed E-state index contributed by atoms with van der Waals surface area (Å²) in [6.45, 7) is 1.81. The summed E-state index contributed by atoms with van der Waals surface area (Å²) < 4.78 is 32.3. The molecule has 0 bridgehead atoms. The maximum absolute atomic E-state index is 13.0. The fourth-order valence-electron chi connectivity index (χ4n) is 2.60. The molecule has 0 spiro atoms. The second-order valence-corrected chi connectivity index (χ2v) is 5.38. The molecule has 0 saturated heterocycles. The molecule has 1 aromatic carbocycles. The molecular formula is C17H15F2N3O2. The average Bonchev–Trinajstić information content (AvgIpc) is 2.94. The van der Waals surface area contributed by atoms with Crippen LogP contribution in [0.5, 0.6) is 0 Å². The molecule has 7 heteroatoms. The number of benzene rings is 1. The molecule has 0 aliphatic carbocycles. The fraction of sp³-hybridized carbons (Fsp3) is 0.235. The lowest BCUT2D eigenvalue weighted by Crippen LogP contribution is -2.10. The molecule has 124 valence electrons. The molecule has 0 aliphatic heterocycles. The van der Waals surface area contributed by atoms with E-state index in [-0.39, 0.29) is 12.2 Å². The van der Waals surface area contributed by atoms with Gasteiger partial charge in [0.1, 0.15) is 17.9 Å². The van der Waals surface area contributed by atoms with E-state index in [1.807, 2.05) is 37.3 Å². The lowest BCUT2D eigenvalue weighted by molar-refractivity contribution is 0.0462. The van der Waals surface area contributed by atoms with E-state index in [9.17, 15) is 13.6 Å². The number of nitrogens with zero attached hydrogens (tertiary/aromatic N) is 3. The number of carbonyl (C=O) groups excluding carboxylic acids is 1. The number of alkyl halides is 2. The first-order chi connectivity index (χ1) is 11.5. The van der Waals surface area contributed by atoms with Crippen molar-refractivity contribution in [3.05, 3.63) is 59.0 Å². The average molecular weight is 331 g/mol. The lowest BCUT2D eigenvalue weighted by Gasteiger charge is -2.09. The van der Waals surface area contributed by atoms with Crippen LogP contribution in [-0.2, 0) is 18.4 Å². The highest BCUT2D eigenvalue weighted by molar-refractivity contribution is 5.91. The van der Waals surface area contributed by atoms with Gasteiger partial charge in [-0.25, -0.2) is 13.6 Å². The van der Waals surface area contributed by atoms with Crippen molar-refractivity contribution in [2.75, 3.05) is 0 Å². The van der Waals surface area contributed by atoms with Crippen LogP contribution in [0.25, 0.3) is 10.9 Å². The van der Waals surface area contributed by atoms with E-state index in [0.717, 1.165) is 33.0 Å². The number of hydrogen-bond donors (Lipinski definition) is 0. The molecule has 0 amide bonds. The van der Waals surface area contributed by atoms with Crippen LogP contribution in [0.4, 0.5) is 8.78 Å². The Labute approximate surface area is 136 Å². The topological polar surface area (TPSA) is 57.0 Å². The van der Waals surface area contributed by atoms with Gasteiger partial charge in [0.05, 0.1) is 11.7 Å². The quantitative estimate of drug-likeness (QED) is 0.686. The van der Waals surface area contributed by atoms with Gasteiger partial charge in [-0.05, 0) is 19.1 Å². The summed E-state index contributed by atoms with van der Waals surface area (Å²) in [6.07, 6.45) is -1.70. The number of hydrogen-bond acceptors (Lipinski definition) is 4. The number of para-hydroxylation sites is 1. The molecule has 5 nitrogen and oxygen atoms in total. The Morgan fingerprint density at radius 1 is 1.33 bits per heavy atom. The minimum Gasteiger partial charge on any atom is -0.457 e. The zero-order valence-corrected chi connectivity index (χ0v) is 13.2. The minimum absolute atomic E-state index is 0.0275. The van der Waals surface area contributed by atoms with Gasteiger partial charge in [-0.3, -0.25) is 9.67 Å². The van der Waals surface area contributed by atoms with Crippen LogP contribution in [0.3, 0.4) is 0 Å². The summed E-state index contributed by atoms with van der Waals surface area (Å²) in [4.78, 5) is 16.6. The van der Waals surface area contributed by atoms with Crippen LogP contribution in [0.15, 0.2) is 36.5 Å². The predicted molar refractivity (Wildman–Crippen MR) is 83.8 cm³/mol. The zero-order chi connectivity index (χ0) is 17.3. The number of fused-ring (bicyclic) bond motifs is 1. The second-order valence-electron chi connectivity index (χ2n) is 5.38. The first-order valence-corrected chi connectivity index (χ1v) is 7.30. The van der Waals surface area contributed by atoms with E-state index < -0.39 is 18.1 Å². The van der Waals surface area contributed by atoms with Crippen molar-refractivity contribution in [2.24, 2.45) is 7.05 Å². The van der Waals surface area contributed by atoms with Crippen molar-refractivity contribution < 1.29 is 18.3 Å². The molecule has 0 radical (unpaired) electrons. The van der Waals surface area contributed by atoms with E-state index in [4.69, 9.17) is 4.74 Å². The van der Waals surface area contributed by atoms with Crippen molar-refractivity contribution in [2.45, 2.75) is 20.0 Å². The fourth-order valence-corrected chi connectivity index (χ4v) is 2.60. The van der Waals surface area contributed by atoms with Crippen LogP contribution in [0.1, 0.15) is 33.7 Å². The maximum Gasteiger partial charge on any atom is 0.342 e. The molecule has 3 rings (SSSR count). The van der Waals surface area contributed by atoms with E-state index in [1.54, 1.807) is 0 Å². The van der Waals surface area contributed by atoms with Crippen molar-refractivity contribution in [1.82, 2.24) is 14.8 Å². The van der Waals surface area contributed by atoms with Crippen molar-refractivity contribution >= 4 is 16.9 Å². The molecular weight excluding hydrogens is 316 g/mol. The van der Waals surface area contributed by atoms with Crippen LogP contribution >= 0.6 is 0 Å². The summed E-state index contributed by atoms with van der Waals surface area (Å²) >= 11 is 0. The molecule has 2 heterocycles. The molecule has 0 saturated carbocycles. The third-order valence-electron chi connectivity index (χ3n) is 3.70. The lowest BCUT2D eigenvalue weighted by atomic mass is 10.1. The highest BCUT2D eigenvalue weighted by Crippen LogP contribution is 2.24. The first-order valence-electron chi connectivity index (χ1n) is 7.30. The third kappa shape index (κ3) is 2.97. The van der Waals surface area contributed by atoms with Gasteiger partial charge in [-0.2, -0.15) is 5.10 Å². The summed E-state index contributed by atoms with van der Waals surface area (Å²) in [7, 11) is 1.36. The van der Waals surface area contributed by atoms with Crippen LogP contribution in [-0.4, -0.2) is 20.7 Å². The number of esters is 1. The first kappa shape index (κ1) is 16.0. The van der Waals surface area contributed by atoms with Gasteiger partial charge in [-0.15, -0.1) is 0 Å². The molecule has 0 atom stereocenters. The third-order valence-corrected chi connectivity index (χ3v) is 3.70. The SMILES string of the molecule is Cc1cc(COC(=O)c2cnn(C)c2C(F)F)c2ccccc2n1. The highest BCUT2D eigenvalue weighted by atomic mass is 19.3. The Morgan fingerprint density at radius 3 is 2.83 bits per heavy atom. The molecule has 0 fully saturated rings. The Balaban J connectivity index is 1.85. The van der Waals surface area contributed by atoms with Gasteiger partial charge in [-0.1, -0.05) is 18.2 Å². The van der Waals surface area contributed by atoms with Gasteiger partial charge in [0.15, 0.2) is 0 Å². The summed E-state index contributed by atoms with van der Waals surface area (Å²) in [6, 6.07) is 9.28. The van der Waals surface area contributed by atoms with E-state index in [1.165, 1.54) is 7.05 Å². The largest absolute Gasteiger partial charge is 0.457 e. The number of ether oxygens (including phenoxy) is 1. The molecule has 3 aromatic rings. The van der Waals surface area contributed by atoms with Crippen molar-refractivity contribution in [3.8, 4) is 0 Å². The predicted octanol–water partition coefficient (Wildman–Crippen LogP) is 3.57. The monoisotopic (exact) mass is 331 g/mol. The number of rotatable bonds is 4. The number of aromatic nitrogens is 3. The number of carbonyl (C=O) groups is 1. The van der Waals surface area contributed by atoms with E-state index >= 15 is 0 Å². The van der Waals surface area contributed by atoms with Crippen molar-refractivity contribution in [1.29, 1.82) is 0 Å². The van der Waals surface area contributed by atoms with Gasteiger partial charge < -0.3 is 4.74 Å². The molecule has 0 unspecified atom stereocenters. The molecule has 0 N–H and O–H groups in total. The van der Waals surface area contributed by atoms with Gasteiger partial charge >= 0.3 is 5.97 Å². The van der Waals surface area contributed by atoms with Crippen LogP contribution in [0, 0.1) is 6.92 Å². The highest BCUT2D eigenvalue weighted by Gasteiger charge is 2.24. The van der Waals surface area contributed by atoms with E-state index in [2.05, 4.69) is 10.1 Å². The Morgan fingerprint density at radius 2 is 2.08 bits per heavy atom. The normalized spacial score (nSPS) is 11.2.